The molecule has 5 nitrogen and oxygen atoms in total. The van der Waals surface area contributed by atoms with E-state index >= 15 is 0 Å². The third kappa shape index (κ3) is 3.55. The molecule has 108 valence electrons. The SMILES string of the molecule is CSC1CCCC(NC(=O)N2CCCC2C(=O)O)C1. The first-order chi connectivity index (χ1) is 9.11. The van der Waals surface area contributed by atoms with Crippen LogP contribution in [0.4, 0.5) is 4.79 Å². The number of carbonyl (C=O) groups excluding carboxylic acids is 1. The maximum atomic E-state index is 12.2. The van der Waals surface area contributed by atoms with Gasteiger partial charge in [0.05, 0.1) is 0 Å². The van der Waals surface area contributed by atoms with Crippen molar-refractivity contribution >= 4 is 23.8 Å². The van der Waals surface area contributed by atoms with Gasteiger partial charge in [0.15, 0.2) is 0 Å². The van der Waals surface area contributed by atoms with Gasteiger partial charge >= 0.3 is 12.0 Å². The fraction of sp³-hybridized carbons (Fsp3) is 0.846. The highest BCUT2D eigenvalue weighted by Crippen LogP contribution is 2.27. The average Bonchev–Trinajstić information content (AvgIpc) is 2.88. The van der Waals surface area contributed by atoms with E-state index in [-0.39, 0.29) is 12.1 Å². The Morgan fingerprint density at radius 2 is 2.05 bits per heavy atom. The van der Waals surface area contributed by atoms with Crippen LogP contribution in [0.1, 0.15) is 38.5 Å². The van der Waals surface area contributed by atoms with Crippen molar-refractivity contribution in [1.29, 1.82) is 0 Å². The zero-order valence-electron chi connectivity index (χ0n) is 11.3. The van der Waals surface area contributed by atoms with E-state index in [0.717, 1.165) is 25.7 Å². The van der Waals surface area contributed by atoms with Crippen LogP contribution in [0, 0.1) is 0 Å². The summed E-state index contributed by atoms with van der Waals surface area (Å²) in [5.74, 6) is -0.890. The summed E-state index contributed by atoms with van der Waals surface area (Å²) in [7, 11) is 0. The molecule has 0 radical (unpaired) electrons. The number of nitrogens with zero attached hydrogens (tertiary/aromatic N) is 1. The third-order valence-corrected chi connectivity index (χ3v) is 5.18. The molecule has 1 aliphatic carbocycles. The predicted molar refractivity (Wildman–Crippen MR) is 75.5 cm³/mol. The highest BCUT2D eigenvalue weighted by atomic mass is 32.2. The molecule has 19 heavy (non-hydrogen) atoms. The van der Waals surface area contributed by atoms with Crippen LogP contribution in [-0.2, 0) is 4.79 Å². The van der Waals surface area contributed by atoms with Crippen molar-refractivity contribution < 1.29 is 14.7 Å². The Kier molecular flexibility index (Phi) is 4.96. The summed E-state index contributed by atoms with van der Waals surface area (Å²) in [6.07, 6.45) is 7.82. The van der Waals surface area contributed by atoms with Crippen molar-refractivity contribution in [2.24, 2.45) is 0 Å². The Morgan fingerprint density at radius 1 is 1.26 bits per heavy atom. The monoisotopic (exact) mass is 286 g/mol. The molecule has 2 rings (SSSR count). The smallest absolute Gasteiger partial charge is 0.326 e. The summed E-state index contributed by atoms with van der Waals surface area (Å²) >= 11 is 1.86. The molecule has 0 aromatic heterocycles. The Balaban J connectivity index is 1.88. The van der Waals surface area contributed by atoms with Gasteiger partial charge in [0.1, 0.15) is 6.04 Å². The van der Waals surface area contributed by atoms with Crippen LogP contribution >= 0.6 is 11.8 Å². The quantitative estimate of drug-likeness (QED) is 0.831. The van der Waals surface area contributed by atoms with Crippen LogP contribution in [0.5, 0.6) is 0 Å². The minimum atomic E-state index is -0.890. The average molecular weight is 286 g/mol. The Bertz CT molecular complexity index is 351. The van der Waals surface area contributed by atoms with Crippen LogP contribution in [0.3, 0.4) is 0 Å². The summed E-state index contributed by atoms with van der Waals surface area (Å²) in [6.45, 7) is 0.557. The van der Waals surface area contributed by atoms with Crippen molar-refractivity contribution in [2.45, 2.75) is 55.9 Å². The fourth-order valence-corrected chi connectivity index (χ4v) is 3.84. The normalized spacial score (nSPS) is 31.2. The van der Waals surface area contributed by atoms with Crippen LogP contribution in [0.25, 0.3) is 0 Å². The molecule has 0 aromatic rings. The van der Waals surface area contributed by atoms with E-state index in [2.05, 4.69) is 11.6 Å². The molecule has 6 heteroatoms. The molecule has 1 aliphatic heterocycles. The topological polar surface area (TPSA) is 69.6 Å². The molecular formula is C13H22N2O3S. The van der Waals surface area contributed by atoms with Gasteiger partial charge in [0.2, 0.25) is 0 Å². The molecule has 3 atom stereocenters. The van der Waals surface area contributed by atoms with E-state index in [1.165, 1.54) is 11.3 Å². The summed E-state index contributed by atoms with van der Waals surface area (Å²) in [4.78, 5) is 24.7. The van der Waals surface area contributed by atoms with E-state index < -0.39 is 12.0 Å². The largest absolute Gasteiger partial charge is 0.480 e. The summed E-state index contributed by atoms with van der Waals surface area (Å²) in [6, 6.07) is -0.634. The lowest BCUT2D eigenvalue weighted by Gasteiger charge is -2.31. The second-order valence-electron chi connectivity index (χ2n) is 5.36. The standard InChI is InChI=1S/C13H22N2O3S/c1-19-10-5-2-4-9(8-10)14-13(18)15-7-3-6-11(15)12(16)17/h9-11H,2-8H2,1H3,(H,14,18)(H,16,17). The third-order valence-electron chi connectivity index (χ3n) is 4.09. The molecule has 0 spiro atoms. The Morgan fingerprint density at radius 3 is 2.74 bits per heavy atom. The second kappa shape index (κ2) is 6.50. The van der Waals surface area contributed by atoms with Crippen molar-refractivity contribution in [3.8, 4) is 0 Å². The second-order valence-corrected chi connectivity index (χ2v) is 6.50. The van der Waals surface area contributed by atoms with Gasteiger partial charge in [-0.2, -0.15) is 11.8 Å². The zero-order valence-corrected chi connectivity index (χ0v) is 12.1. The number of carbonyl (C=O) groups is 2. The number of nitrogens with one attached hydrogen (secondary N) is 1. The number of carboxylic acids is 1. The molecule has 0 bridgehead atoms. The van der Waals surface area contributed by atoms with Crippen molar-refractivity contribution in [2.75, 3.05) is 12.8 Å². The van der Waals surface area contributed by atoms with Crippen molar-refractivity contribution in [3.05, 3.63) is 0 Å². The number of likely N-dealkylation sites (tertiary alicyclic amines) is 1. The zero-order chi connectivity index (χ0) is 13.8. The summed E-state index contributed by atoms with van der Waals surface area (Å²) < 4.78 is 0. The minimum absolute atomic E-state index is 0.198. The van der Waals surface area contributed by atoms with Gasteiger partial charge in [-0.05, 0) is 38.4 Å². The molecule has 2 N–H and O–H groups in total. The van der Waals surface area contributed by atoms with Crippen LogP contribution in [-0.4, -0.2) is 52.1 Å². The molecule has 1 heterocycles. The molecule has 2 fully saturated rings. The number of rotatable bonds is 3. The van der Waals surface area contributed by atoms with Crippen molar-refractivity contribution in [1.82, 2.24) is 10.2 Å². The first kappa shape index (κ1) is 14.5. The van der Waals surface area contributed by atoms with E-state index in [0.29, 0.717) is 18.2 Å². The Hall–Kier alpha value is -0.910. The first-order valence-corrected chi connectivity index (χ1v) is 8.23. The van der Waals surface area contributed by atoms with E-state index in [1.54, 1.807) is 0 Å². The number of carboxylic acid groups (broad SMARTS) is 1. The molecule has 0 aromatic carbocycles. The van der Waals surface area contributed by atoms with E-state index in [4.69, 9.17) is 5.11 Å². The molecule has 1 saturated heterocycles. The molecule has 1 saturated carbocycles. The molecular weight excluding hydrogens is 264 g/mol. The maximum absolute atomic E-state index is 12.2. The summed E-state index contributed by atoms with van der Waals surface area (Å²) in [5, 5.41) is 12.7. The lowest BCUT2D eigenvalue weighted by atomic mass is 9.95. The van der Waals surface area contributed by atoms with Gasteiger partial charge in [-0.1, -0.05) is 6.42 Å². The molecule has 2 amide bonds. The maximum Gasteiger partial charge on any atom is 0.326 e. The van der Waals surface area contributed by atoms with Gasteiger partial charge in [-0.3, -0.25) is 0 Å². The molecule has 3 unspecified atom stereocenters. The van der Waals surface area contributed by atoms with Crippen LogP contribution in [0.15, 0.2) is 0 Å². The number of aliphatic carboxylic acids is 1. The van der Waals surface area contributed by atoms with Gasteiger partial charge < -0.3 is 15.3 Å². The summed E-state index contributed by atoms with van der Waals surface area (Å²) in [5.41, 5.74) is 0. The van der Waals surface area contributed by atoms with Gasteiger partial charge in [-0.25, -0.2) is 9.59 Å². The van der Waals surface area contributed by atoms with Gasteiger partial charge in [-0.15, -0.1) is 0 Å². The van der Waals surface area contributed by atoms with E-state index in [9.17, 15) is 9.59 Å². The fourth-order valence-electron chi connectivity index (χ4n) is 3.01. The van der Waals surface area contributed by atoms with Crippen molar-refractivity contribution in [3.63, 3.8) is 0 Å². The lowest BCUT2D eigenvalue weighted by molar-refractivity contribution is -0.141. The van der Waals surface area contributed by atoms with Gasteiger partial charge in [0, 0.05) is 17.8 Å². The molecule has 2 aliphatic rings. The van der Waals surface area contributed by atoms with E-state index in [1.807, 2.05) is 11.8 Å². The number of amides is 2. The van der Waals surface area contributed by atoms with Gasteiger partial charge in [0.25, 0.3) is 0 Å². The lowest BCUT2D eigenvalue weighted by Crippen LogP contribution is -2.50. The highest BCUT2D eigenvalue weighted by Gasteiger charge is 2.35. The van der Waals surface area contributed by atoms with Crippen LogP contribution in [0.2, 0.25) is 0 Å². The number of urea groups is 1. The number of hydrogen-bond acceptors (Lipinski definition) is 3. The number of thioether (sulfide) groups is 1. The minimum Gasteiger partial charge on any atom is -0.480 e. The van der Waals surface area contributed by atoms with Crippen LogP contribution < -0.4 is 5.32 Å². The highest BCUT2D eigenvalue weighted by molar-refractivity contribution is 7.99. The first-order valence-electron chi connectivity index (χ1n) is 6.94. The Labute approximate surface area is 118 Å². The number of hydrogen-bond donors (Lipinski definition) is 2. The predicted octanol–water partition coefficient (Wildman–Crippen LogP) is 1.92.